The van der Waals surface area contributed by atoms with Gasteiger partial charge in [0.25, 0.3) is 0 Å². The van der Waals surface area contributed by atoms with E-state index in [2.05, 4.69) is 14.7 Å². The highest BCUT2D eigenvalue weighted by Gasteiger charge is 2.00. The van der Waals surface area contributed by atoms with Crippen LogP contribution in [-0.4, -0.2) is 15.9 Å². The zero-order valence-electron chi connectivity index (χ0n) is 5.74. The van der Waals surface area contributed by atoms with Gasteiger partial charge in [0.2, 0.25) is 0 Å². The van der Waals surface area contributed by atoms with Gasteiger partial charge in [-0.15, -0.1) is 0 Å². The minimum Gasteiger partial charge on any atom is -0.391 e. The largest absolute Gasteiger partial charge is 0.391 e. The third kappa shape index (κ3) is 2.51. The highest BCUT2D eigenvalue weighted by molar-refractivity contribution is 6.29. The van der Waals surface area contributed by atoms with E-state index in [9.17, 15) is 4.79 Å². The zero-order valence-corrected chi connectivity index (χ0v) is 6.50. The summed E-state index contributed by atoms with van der Waals surface area (Å²) < 4.78 is 4.55. The molecule has 0 fully saturated rings. The molecule has 0 aliphatic heterocycles. The Balaban J connectivity index is 2.79. The molecular weight excluding hydrogens is 168 g/mol. The number of aromatic nitrogens is 2. The van der Waals surface area contributed by atoms with Gasteiger partial charge in [0, 0.05) is 13.1 Å². The van der Waals surface area contributed by atoms with Crippen LogP contribution in [0.25, 0.3) is 0 Å². The summed E-state index contributed by atoms with van der Waals surface area (Å²) in [5, 5.41) is 0.247. The second-order valence-electron chi connectivity index (χ2n) is 1.76. The number of rotatable bonds is 1. The molecule has 1 heterocycles. The van der Waals surface area contributed by atoms with Crippen LogP contribution in [0.4, 0.5) is 0 Å². The van der Waals surface area contributed by atoms with Gasteiger partial charge in [-0.1, -0.05) is 11.6 Å². The van der Waals surface area contributed by atoms with Crippen LogP contribution in [0.1, 0.15) is 6.92 Å². The highest BCUT2D eigenvalue weighted by atomic mass is 35.5. The SMILES string of the molecule is CC(=O)Oc1nccc(Cl)n1. The Morgan fingerprint density at radius 3 is 3.00 bits per heavy atom. The van der Waals surface area contributed by atoms with Crippen LogP contribution in [-0.2, 0) is 4.79 Å². The van der Waals surface area contributed by atoms with Crippen LogP contribution in [0.3, 0.4) is 0 Å². The lowest BCUT2D eigenvalue weighted by molar-refractivity contribution is -0.132. The molecule has 0 aromatic carbocycles. The lowest BCUT2D eigenvalue weighted by Gasteiger charge is -1.96. The van der Waals surface area contributed by atoms with E-state index in [0.717, 1.165) is 0 Å². The molecule has 0 N–H and O–H groups in total. The fourth-order valence-corrected chi connectivity index (χ4v) is 0.626. The predicted molar refractivity (Wildman–Crippen MR) is 38.4 cm³/mol. The van der Waals surface area contributed by atoms with E-state index in [1.807, 2.05) is 0 Å². The van der Waals surface area contributed by atoms with Crippen LogP contribution in [0, 0.1) is 0 Å². The van der Waals surface area contributed by atoms with Gasteiger partial charge in [0.1, 0.15) is 5.15 Å². The number of esters is 1. The van der Waals surface area contributed by atoms with Crippen molar-refractivity contribution in [2.24, 2.45) is 0 Å². The third-order valence-corrected chi connectivity index (χ3v) is 1.05. The van der Waals surface area contributed by atoms with Gasteiger partial charge in [-0.25, -0.2) is 4.98 Å². The molecule has 5 heteroatoms. The summed E-state index contributed by atoms with van der Waals surface area (Å²) >= 11 is 5.49. The van der Waals surface area contributed by atoms with Crippen molar-refractivity contribution in [2.75, 3.05) is 0 Å². The monoisotopic (exact) mass is 172 g/mol. The quantitative estimate of drug-likeness (QED) is 0.470. The number of ether oxygens (including phenoxy) is 1. The summed E-state index contributed by atoms with van der Waals surface area (Å²) in [7, 11) is 0. The summed E-state index contributed by atoms with van der Waals surface area (Å²) in [5.41, 5.74) is 0. The maximum absolute atomic E-state index is 10.4. The van der Waals surface area contributed by atoms with Crippen molar-refractivity contribution in [3.05, 3.63) is 17.4 Å². The molecule has 0 radical (unpaired) electrons. The van der Waals surface area contributed by atoms with E-state index in [4.69, 9.17) is 11.6 Å². The Bertz CT molecular complexity index is 277. The first-order valence-corrected chi connectivity index (χ1v) is 3.23. The molecule has 1 aromatic rings. The van der Waals surface area contributed by atoms with Crippen LogP contribution in [0.2, 0.25) is 5.15 Å². The molecule has 58 valence electrons. The van der Waals surface area contributed by atoms with Crippen LogP contribution < -0.4 is 4.74 Å². The van der Waals surface area contributed by atoms with E-state index in [1.165, 1.54) is 19.2 Å². The van der Waals surface area contributed by atoms with E-state index in [-0.39, 0.29) is 11.2 Å². The van der Waals surface area contributed by atoms with Crippen LogP contribution in [0.15, 0.2) is 12.3 Å². The number of nitrogens with zero attached hydrogens (tertiary/aromatic N) is 2. The molecule has 1 aromatic heterocycles. The summed E-state index contributed by atoms with van der Waals surface area (Å²) in [6.45, 7) is 1.27. The number of carbonyl (C=O) groups excluding carboxylic acids is 1. The summed E-state index contributed by atoms with van der Waals surface area (Å²) in [5.74, 6) is -0.465. The van der Waals surface area contributed by atoms with E-state index in [0.29, 0.717) is 0 Å². The van der Waals surface area contributed by atoms with Crippen LogP contribution in [0.5, 0.6) is 6.01 Å². The minimum absolute atomic E-state index is 0.0231. The van der Waals surface area contributed by atoms with Crippen molar-refractivity contribution in [3.8, 4) is 6.01 Å². The maximum atomic E-state index is 10.4. The lowest BCUT2D eigenvalue weighted by atomic mass is 10.7. The number of carbonyl (C=O) groups is 1. The van der Waals surface area contributed by atoms with Gasteiger partial charge in [-0.05, 0) is 6.07 Å². The van der Waals surface area contributed by atoms with E-state index >= 15 is 0 Å². The topological polar surface area (TPSA) is 52.1 Å². The predicted octanol–water partition coefficient (Wildman–Crippen LogP) is 1.06. The van der Waals surface area contributed by atoms with Gasteiger partial charge in [0.15, 0.2) is 0 Å². The number of hydrogen-bond acceptors (Lipinski definition) is 4. The van der Waals surface area contributed by atoms with Crippen molar-refractivity contribution in [2.45, 2.75) is 6.92 Å². The summed E-state index contributed by atoms with van der Waals surface area (Å²) in [6.07, 6.45) is 1.41. The van der Waals surface area contributed by atoms with Gasteiger partial charge < -0.3 is 4.74 Å². The summed E-state index contributed by atoms with van der Waals surface area (Å²) in [6, 6.07) is 1.47. The zero-order chi connectivity index (χ0) is 8.27. The fraction of sp³-hybridized carbons (Fsp3) is 0.167. The minimum atomic E-state index is -0.465. The molecule has 1 rings (SSSR count). The first-order valence-electron chi connectivity index (χ1n) is 2.85. The van der Waals surface area contributed by atoms with Crippen molar-refractivity contribution >= 4 is 17.6 Å². The Labute approximate surface area is 68.2 Å². The third-order valence-electron chi connectivity index (χ3n) is 0.835. The standard InChI is InChI=1S/C6H5ClN2O2/c1-4(10)11-6-8-3-2-5(7)9-6/h2-3H,1H3. The van der Waals surface area contributed by atoms with Gasteiger partial charge >= 0.3 is 12.0 Å². The molecule has 0 amide bonds. The van der Waals surface area contributed by atoms with Crippen molar-refractivity contribution in [3.63, 3.8) is 0 Å². The lowest BCUT2D eigenvalue weighted by Crippen LogP contribution is -2.04. The Kier molecular flexibility index (Phi) is 2.38. The molecule has 4 nitrogen and oxygen atoms in total. The molecule has 11 heavy (non-hydrogen) atoms. The van der Waals surface area contributed by atoms with E-state index < -0.39 is 5.97 Å². The average molecular weight is 173 g/mol. The Morgan fingerprint density at radius 1 is 1.73 bits per heavy atom. The van der Waals surface area contributed by atoms with Gasteiger partial charge in [0.05, 0.1) is 0 Å². The molecule has 0 saturated heterocycles. The molecule has 0 spiro atoms. The maximum Gasteiger partial charge on any atom is 0.325 e. The summed E-state index contributed by atoms with van der Waals surface area (Å²) in [4.78, 5) is 17.6. The normalized spacial score (nSPS) is 9.27. The molecule has 0 aliphatic rings. The van der Waals surface area contributed by atoms with Gasteiger partial charge in [-0.2, -0.15) is 4.98 Å². The molecule has 0 saturated carbocycles. The Morgan fingerprint density at radius 2 is 2.45 bits per heavy atom. The van der Waals surface area contributed by atoms with Gasteiger partial charge in [-0.3, -0.25) is 4.79 Å². The molecule has 0 atom stereocenters. The van der Waals surface area contributed by atoms with E-state index in [1.54, 1.807) is 0 Å². The Hall–Kier alpha value is -1.16. The molecular formula is C6H5ClN2O2. The molecule has 0 bridgehead atoms. The highest BCUT2D eigenvalue weighted by Crippen LogP contribution is 2.07. The first-order chi connectivity index (χ1) is 5.18. The molecule has 0 aliphatic carbocycles. The second kappa shape index (κ2) is 3.30. The van der Waals surface area contributed by atoms with Crippen molar-refractivity contribution < 1.29 is 9.53 Å². The van der Waals surface area contributed by atoms with Crippen molar-refractivity contribution in [1.82, 2.24) is 9.97 Å². The first kappa shape index (κ1) is 7.94. The smallest absolute Gasteiger partial charge is 0.325 e. The number of hydrogen-bond donors (Lipinski definition) is 0. The fourth-order valence-electron chi connectivity index (χ4n) is 0.498. The second-order valence-corrected chi connectivity index (χ2v) is 2.14. The molecule has 0 unspecified atom stereocenters. The van der Waals surface area contributed by atoms with Crippen LogP contribution >= 0.6 is 11.6 Å². The average Bonchev–Trinajstić information content (AvgIpc) is 1.85. The van der Waals surface area contributed by atoms with Crippen molar-refractivity contribution in [1.29, 1.82) is 0 Å². The number of halogens is 1.